The van der Waals surface area contributed by atoms with Gasteiger partial charge in [-0.15, -0.1) is 0 Å². The molecule has 0 radical (unpaired) electrons. The summed E-state index contributed by atoms with van der Waals surface area (Å²) in [5.41, 5.74) is 0.944. The molecule has 0 rings (SSSR count). The van der Waals surface area contributed by atoms with Crippen molar-refractivity contribution in [1.29, 1.82) is 0 Å². The maximum atomic E-state index is 11.5. The largest absolute Gasteiger partial charge is 0.460 e. The number of allylic oxidation sites excluding steroid dienone is 3. The van der Waals surface area contributed by atoms with Crippen LogP contribution in [0.15, 0.2) is 23.8 Å². The van der Waals surface area contributed by atoms with Crippen molar-refractivity contribution in [3.63, 3.8) is 0 Å². The van der Waals surface area contributed by atoms with Gasteiger partial charge in [-0.2, -0.15) is 0 Å². The normalized spacial score (nSPS) is 15.9. The van der Waals surface area contributed by atoms with Crippen molar-refractivity contribution in [2.45, 2.75) is 67.4 Å². The minimum Gasteiger partial charge on any atom is -0.460 e. The monoisotopic (exact) mass is 280 g/mol. The van der Waals surface area contributed by atoms with Crippen LogP contribution in [-0.2, 0) is 9.53 Å². The summed E-state index contributed by atoms with van der Waals surface area (Å²) in [6, 6.07) is 0. The Morgan fingerprint density at radius 3 is 2.15 bits per heavy atom. The third-order valence-electron chi connectivity index (χ3n) is 3.60. The highest BCUT2D eigenvalue weighted by Crippen LogP contribution is 2.20. The molecule has 20 heavy (non-hydrogen) atoms. The van der Waals surface area contributed by atoms with Crippen LogP contribution in [-0.4, -0.2) is 12.1 Å². The van der Waals surface area contributed by atoms with E-state index >= 15 is 0 Å². The zero-order valence-electron chi connectivity index (χ0n) is 14.3. The Labute approximate surface area is 125 Å². The molecule has 0 amide bonds. The van der Waals surface area contributed by atoms with Gasteiger partial charge in [-0.05, 0) is 56.9 Å². The molecule has 0 aliphatic carbocycles. The van der Waals surface area contributed by atoms with Crippen LogP contribution in [0, 0.1) is 17.8 Å². The fraction of sp³-hybridized carbons (Fsp3) is 0.722. The lowest BCUT2D eigenvalue weighted by Crippen LogP contribution is -2.08. The van der Waals surface area contributed by atoms with E-state index in [0.29, 0.717) is 5.92 Å². The van der Waals surface area contributed by atoms with Crippen LogP contribution >= 0.6 is 0 Å². The fourth-order valence-corrected chi connectivity index (χ4v) is 1.77. The number of carbonyl (C=O) groups is 1. The fourth-order valence-electron chi connectivity index (χ4n) is 1.77. The van der Waals surface area contributed by atoms with Crippen LogP contribution in [0.3, 0.4) is 0 Å². The van der Waals surface area contributed by atoms with Gasteiger partial charge in [0.15, 0.2) is 0 Å². The molecule has 0 aromatic rings. The minimum atomic E-state index is -0.261. The van der Waals surface area contributed by atoms with E-state index in [1.54, 1.807) is 6.08 Å². The molecule has 0 N–H and O–H groups in total. The highest BCUT2D eigenvalue weighted by atomic mass is 16.5. The molecule has 0 spiro atoms. The van der Waals surface area contributed by atoms with Gasteiger partial charge < -0.3 is 4.74 Å². The molecule has 0 bridgehead atoms. The van der Waals surface area contributed by atoms with E-state index < -0.39 is 0 Å². The summed E-state index contributed by atoms with van der Waals surface area (Å²) < 4.78 is 5.08. The van der Waals surface area contributed by atoms with Gasteiger partial charge in [-0.25, -0.2) is 4.79 Å². The van der Waals surface area contributed by atoms with E-state index in [-0.39, 0.29) is 12.1 Å². The summed E-state index contributed by atoms with van der Waals surface area (Å²) in [5, 5.41) is 0. The van der Waals surface area contributed by atoms with Gasteiger partial charge in [0, 0.05) is 6.08 Å². The molecule has 0 heterocycles. The summed E-state index contributed by atoms with van der Waals surface area (Å²) in [5.74, 6) is 1.80. The van der Waals surface area contributed by atoms with E-state index in [0.717, 1.165) is 17.4 Å². The molecule has 0 aromatic carbocycles. The number of rotatable bonds is 8. The molecule has 0 saturated heterocycles. The molecule has 2 nitrogen and oxygen atoms in total. The molecule has 2 heteroatoms. The molecule has 0 aliphatic heterocycles. The van der Waals surface area contributed by atoms with Gasteiger partial charge in [0.1, 0.15) is 0 Å². The van der Waals surface area contributed by atoms with Gasteiger partial charge in [0.25, 0.3) is 0 Å². The van der Waals surface area contributed by atoms with Crippen LogP contribution < -0.4 is 0 Å². The number of ether oxygens (including phenoxy) is 1. The average Bonchev–Trinajstić information content (AvgIpc) is 2.31. The highest BCUT2D eigenvalue weighted by molar-refractivity contribution is 5.83. The molecular weight excluding hydrogens is 248 g/mol. The Balaban J connectivity index is 4.20. The van der Waals surface area contributed by atoms with Crippen molar-refractivity contribution in [3.8, 4) is 0 Å². The Kier molecular flexibility index (Phi) is 9.28. The van der Waals surface area contributed by atoms with E-state index in [9.17, 15) is 4.79 Å². The number of carbonyl (C=O) groups excluding carboxylic acids is 1. The summed E-state index contributed by atoms with van der Waals surface area (Å²) in [6.07, 6.45) is 8.14. The molecule has 2 unspecified atom stereocenters. The Bertz CT molecular complexity index is 337. The second kappa shape index (κ2) is 9.79. The van der Waals surface area contributed by atoms with Crippen molar-refractivity contribution in [2.75, 3.05) is 0 Å². The first-order chi connectivity index (χ1) is 9.22. The van der Waals surface area contributed by atoms with E-state index in [4.69, 9.17) is 4.74 Å². The van der Waals surface area contributed by atoms with E-state index in [2.05, 4.69) is 33.8 Å². The van der Waals surface area contributed by atoms with Crippen LogP contribution in [0.5, 0.6) is 0 Å². The van der Waals surface area contributed by atoms with E-state index in [1.165, 1.54) is 12.8 Å². The van der Waals surface area contributed by atoms with E-state index in [1.807, 2.05) is 26.8 Å². The zero-order valence-corrected chi connectivity index (χ0v) is 14.3. The number of hydrogen-bond donors (Lipinski definition) is 0. The first-order valence-corrected chi connectivity index (χ1v) is 7.79. The SMILES string of the molecule is CC(/C=C/C(C)CCC(C)C(C)C)=C\C(=O)OC(C)C. The minimum absolute atomic E-state index is 0.0630. The number of esters is 1. The summed E-state index contributed by atoms with van der Waals surface area (Å²) in [6.45, 7) is 14.7. The first-order valence-electron chi connectivity index (χ1n) is 7.79. The lowest BCUT2D eigenvalue weighted by atomic mass is 9.90. The Morgan fingerprint density at radius 2 is 1.65 bits per heavy atom. The molecule has 116 valence electrons. The second-order valence-electron chi connectivity index (χ2n) is 6.51. The Hall–Kier alpha value is -1.05. The van der Waals surface area contributed by atoms with Crippen LogP contribution in [0.2, 0.25) is 0 Å². The second-order valence-corrected chi connectivity index (χ2v) is 6.51. The van der Waals surface area contributed by atoms with Crippen molar-refractivity contribution in [3.05, 3.63) is 23.8 Å². The van der Waals surface area contributed by atoms with Crippen LogP contribution in [0.1, 0.15) is 61.3 Å². The molecule has 0 aliphatic rings. The van der Waals surface area contributed by atoms with Gasteiger partial charge >= 0.3 is 5.97 Å². The first kappa shape index (κ1) is 18.9. The summed E-state index contributed by atoms with van der Waals surface area (Å²) in [7, 11) is 0. The number of hydrogen-bond acceptors (Lipinski definition) is 2. The quantitative estimate of drug-likeness (QED) is 0.349. The predicted molar refractivity (Wildman–Crippen MR) is 86.5 cm³/mol. The highest BCUT2D eigenvalue weighted by Gasteiger charge is 2.08. The maximum Gasteiger partial charge on any atom is 0.331 e. The molecule has 2 atom stereocenters. The smallest absolute Gasteiger partial charge is 0.331 e. The van der Waals surface area contributed by atoms with Crippen molar-refractivity contribution < 1.29 is 9.53 Å². The van der Waals surface area contributed by atoms with Crippen LogP contribution in [0.4, 0.5) is 0 Å². The van der Waals surface area contributed by atoms with Gasteiger partial charge in [0.2, 0.25) is 0 Å². The van der Waals surface area contributed by atoms with Crippen molar-refractivity contribution >= 4 is 5.97 Å². The van der Waals surface area contributed by atoms with Gasteiger partial charge in [0.05, 0.1) is 6.10 Å². The molecule has 0 aromatic heterocycles. The average molecular weight is 280 g/mol. The van der Waals surface area contributed by atoms with Crippen LogP contribution in [0.25, 0.3) is 0 Å². The summed E-state index contributed by atoms with van der Waals surface area (Å²) in [4.78, 5) is 11.5. The van der Waals surface area contributed by atoms with Crippen molar-refractivity contribution in [2.24, 2.45) is 17.8 Å². The topological polar surface area (TPSA) is 26.3 Å². The van der Waals surface area contributed by atoms with Crippen molar-refractivity contribution in [1.82, 2.24) is 0 Å². The third-order valence-corrected chi connectivity index (χ3v) is 3.60. The van der Waals surface area contributed by atoms with Gasteiger partial charge in [-0.3, -0.25) is 0 Å². The maximum absolute atomic E-state index is 11.5. The zero-order chi connectivity index (χ0) is 15.7. The lowest BCUT2D eigenvalue weighted by Gasteiger charge is -2.16. The Morgan fingerprint density at radius 1 is 1.05 bits per heavy atom. The molecule has 0 saturated carbocycles. The third kappa shape index (κ3) is 9.82. The summed E-state index contributed by atoms with van der Waals surface area (Å²) >= 11 is 0. The predicted octanol–water partition coefficient (Wildman–Crippen LogP) is 5.15. The standard InChI is InChI=1S/C18H32O2/c1-13(2)17(7)11-10-15(5)8-9-16(6)12-18(19)20-14(3)4/h8-9,12-15,17H,10-11H2,1-7H3/b9-8+,16-12+. The van der Waals surface area contributed by atoms with Gasteiger partial charge in [-0.1, -0.05) is 39.8 Å². The molecular formula is C18H32O2. The molecule has 0 fully saturated rings. The lowest BCUT2D eigenvalue weighted by molar-refractivity contribution is -0.141.